The minimum absolute atomic E-state index is 0.530. The molecule has 4 heteroatoms. The molecule has 0 bridgehead atoms. The van der Waals surface area contributed by atoms with E-state index in [0.717, 1.165) is 6.42 Å². The number of nitrogens with zero attached hydrogens (tertiary/aromatic N) is 4. The molecule has 12 heavy (non-hydrogen) atoms. The van der Waals surface area contributed by atoms with Crippen LogP contribution in [0.1, 0.15) is 18.4 Å². The predicted octanol–water partition coefficient (Wildman–Crippen LogP) is 1.06. The van der Waals surface area contributed by atoms with Gasteiger partial charge in [-0.2, -0.15) is 15.6 Å². The third-order valence-electron chi connectivity index (χ3n) is 1.44. The van der Waals surface area contributed by atoms with Crippen LogP contribution in [0.5, 0.6) is 0 Å². The SMILES string of the molecule is N#CCCCn1cc(C#N)cn1. The van der Waals surface area contributed by atoms with Crippen LogP contribution in [-0.2, 0) is 6.54 Å². The van der Waals surface area contributed by atoms with Crippen LogP contribution in [0.4, 0.5) is 0 Å². The molecule has 4 nitrogen and oxygen atoms in total. The molecule has 0 radical (unpaired) electrons. The summed E-state index contributed by atoms with van der Waals surface area (Å²) in [7, 11) is 0. The predicted molar refractivity (Wildman–Crippen MR) is 41.8 cm³/mol. The van der Waals surface area contributed by atoms with Crippen molar-refractivity contribution >= 4 is 0 Å². The van der Waals surface area contributed by atoms with Crippen LogP contribution in [0, 0.1) is 22.7 Å². The maximum atomic E-state index is 8.47. The number of aromatic nitrogens is 2. The highest BCUT2D eigenvalue weighted by Gasteiger charge is 1.95. The quantitative estimate of drug-likeness (QED) is 0.621. The maximum Gasteiger partial charge on any atom is 0.102 e. The first kappa shape index (κ1) is 8.29. The normalized spacial score (nSPS) is 8.83. The third kappa shape index (κ3) is 2.10. The Balaban J connectivity index is 2.44. The Bertz CT molecular complexity index is 326. The van der Waals surface area contributed by atoms with Crippen LogP contribution in [0.2, 0.25) is 0 Å². The van der Waals surface area contributed by atoms with Crippen molar-refractivity contribution in [3.05, 3.63) is 18.0 Å². The van der Waals surface area contributed by atoms with Gasteiger partial charge in [-0.1, -0.05) is 0 Å². The zero-order valence-electron chi connectivity index (χ0n) is 6.56. The van der Waals surface area contributed by atoms with Gasteiger partial charge >= 0.3 is 0 Å². The Morgan fingerprint density at radius 2 is 2.33 bits per heavy atom. The van der Waals surface area contributed by atoms with E-state index in [4.69, 9.17) is 10.5 Å². The van der Waals surface area contributed by atoms with E-state index in [1.807, 2.05) is 6.07 Å². The topological polar surface area (TPSA) is 65.4 Å². The average molecular weight is 160 g/mol. The van der Waals surface area contributed by atoms with E-state index in [-0.39, 0.29) is 0 Å². The molecule has 60 valence electrons. The van der Waals surface area contributed by atoms with Crippen LogP contribution in [0.25, 0.3) is 0 Å². The van der Waals surface area contributed by atoms with E-state index in [2.05, 4.69) is 11.2 Å². The zero-order chi connectivity index (χ0) is 8.81. The Morgan fingerprint density at radius 3 is 2.92 bits per heavy atom. The van der Waals surface area contributed by atoms with Crippen molar-refractivity contribution in [2.75, 3.05) is 0 Å². The monoisotopic (exact) mass is 160 g/mol. The van der Waals surface area contributed by atoms with Gasteiger partial charge in [-0.05, 0) is 6.42 Å². The summed E-state index contributed by atoms with van der Waals surface area (Å²) in [6.07, 6.45) is 4.51. The van der Waals surface area contributed by atoms with Crippen LogP contribution in [-0.4, -0.2) is 9.78 Å². The molecule has 0 aliphatic heterocycles. The second kappa shape index (κ2) is 4.15. The van der Waals surface area contributed by atoms with E-state index >= 15 is 0 Å². The van der Waals surface area contributed by atoms with Crippen molar-refractivity contribution in [2.45, 2.75) is 19.4 Å². The average Bonchev–Trinajstić information content (AvgIpc) is 2.53. The largest absolute Gasteiger partial charge is 0.271 e. The molecule has 0 fully saturated rings. The number of hydrogen-bond donors (Lipinski definition) is 0. The van der Waals surface area contributed by atoms with Crippen LogP contribution in [0.3, 0.4) is 0 Å². The molecule has 0 atom stereocenters. The van der Waals surface area contributed by atoms with Crippen molar-refractivity contribution in [3.63, 3.8) is 0 Å². The molecule has 1 aromatic heterocycles. The lowest BCUT2D eigenvalue weighted by Gasteiger charge is -1.95. The first-order valence-electron chi connectivity index (χ1n) is 3.66. The number of rotatable bonds is 3. The van der Waals surface area contributed by atoms with Crippen molar-refractivity contribution in [1.82, 2.24) is 9.78 Å². The Kier molecular flexibility index (Phi) is 2.87. The Morgan fingerprint density at radius 1 is 1.50 bits per heavy atom. The van der Waals surface area contributed by atoms with Crippen molar-refractivity contribution < 1.29 is 0 Å². The van der Waals surface area contributed by atoms with Gasteiger partial charge in [-0.3, -0.25) is 4.68 Å². The zero-order valence-corrected chi connectivity index (χ0v) is 6.56. The van der Waals surface area contributed by atoms with E-state index < -0.39 is 0 Å². The lowest BCUT2D eigenvalue weighted by molar-refractivity contribution is 0.586. The van der Waals surface area contributed by atoms with Gasteiger partial charge in [-0.25, -0.2) is 0 Å². The lowest BCUT2D eigenvalue weighted by Crippen LogP contribution is -1.97. The molecular formula is C8H8N4. The second-order valence-electron chi connectivity index (χ2n) is 2.37. The minimum Gasteiger partial charge on any atom is -0.271 e. The first-order valence-corrected chi connectivity index (χ1v) is 3.66. The van der Waals surface area contributed by atoms with Crippen LogP contribution in [0.15, 0.2) is 12.4 Å². The summed E-state index contributed by atoms with van der Waals surface area (Å²) in [5, 5.41) is 20.7. The van der Waals surface area contributed by atoms with E-state index in [9.17, 15) is 0 Å². The van der Waals surface area contributed by atoms with Gasteiger partial charge in [0, 0.05) is 19.2 Å². The number of unbranched alkanes of at least 4 members (excludes halogenated alkanes) is 1. The molecule has 0 spiro atoms. The highest BCUT2D eigenvalue weighted by Crippen LogP contribution is 1.97. The van der Waals surface area contributed by atoms with Gasteiger partial charge in [0.25, 0.3) is 0 Å². The fraction of sp³-hybridized carbons (Fsp3) is 0.375. The van der Waals surface area contributed by atoms with Gasteiger partial charge < -0.3 is 0 Å². The second-order valence-corrected chi connectivity index (χ2v) is 2.37. The smallest absolute Gasteiger partial charge is 0.102 e. The summed E-state index contributed by atoms with van der Waals surface area (Å²) in [6, 6.07) is 4.04. The van der Waals surface area contributed by atoms with Gasteiger partial charge in [0.1, 0.15) is 6.07 Å². The van der Waals surface area contributed by atoms with Crippen molar-refractivity contribution in [3.8, 4) is 12.1 Å². The Labute approximate surface area is 70.6 Å². The molecule has 0 saturated heterocycles. The number of nitriles is 2. The fourth-order valence-electron chi connectivity index (χ4n) is 0.864. The number of aryl methyl sites for hydroxylation is 1. The van der Waals surface area contributed by atoms with Crippen molar-refractivity contribution in [2.24, 2.45) is 0 Å². The molecule has 0 unspecified atom stereocenters. The molecule has 1 rings (SSSR count). The summed E-state index contributed by atoms with van der Waals surface area (Å²) >= 11 is 0. The molecular weight excluding hydrogens is 152 g/mol. The minimum atomic E-state index is 0.530. The summed E-state index contributed by atoms with van der Waals surface area (Å²) in [5.41, 5.74) is 0.562. The third-order valence-corrected chi connectivity index (χ3v) is 1.44. The maximum absolute atomic E-state index is 8.47. The summed E-state index contributed by atoms with van der Waals surface area (Å²) < 4.78 is 1.68. The highest BCUT2D eigenvalue weighted by atomic mass is 15.3. The summed E-state index contributed by atoms with van der Waals surface area (Å²) in [4.78, 5) is 0. The van der Waals surface area contributed by atoms with Crippen molar-refractivity contribution in [1.29, 1.82) is 10.5 Å². The van der Waals surface area contributed by atoms with Gasteiger partial charge in [0.05, 0.1) is 17.8 Å². The van der Waals surface area contributed by atoms with E-state index in [0.29, 0.717) is 18.5 Å². The molecule has 0 aliphatic carbocycles. The van der Waals surface area contributed by atoms with Gasteiger partial charge in [-0.15, -0.1) is 0 Å². The fourth-order valence-corrected chi connectivity index (χ4v) is 0.864. The van der Waals surface area contributed by atoms with Crippen LogP contribution < -0.4 is 0 Å². The number of hydrogen-bond acceptors (Lipinski definition) is 3. The van der Waals surface area contributed by atoms with Gasteiger partial charge in [0.15, 0.2) is 0 Å². The molecule has 0 N–H and O–H groups in total. The lowest BCUT2D eigenvalue weighted by atomic mass is 10.3. The molecule has 0 amide bonds. The van der Waals surface area contributed by atoms with E-state index in [1.54, 1.807) is 10.9 Å². The standard InChI is InChI=1S/C8H8N4/c9-3-1-2-4-12-7-8(5-10)6-11-12/h6-7H,1-2,4H2. The van der Waals surface area contributed by atoms with Crippen LogP contribution >= 0.6 is 0 Å². The Hall–Kier alpha value is -1.81. The first-order chi connectivity index (χ1) is 5.86. The van der Waals surface area contributed by atoms with Gasteiger partial charge in [0.2, 0.25) is 0 Å². The molecule has 0 aliphatic rings. The highest BCUT2D eigenvalue weighted by molar-refractivity contribution is 5.21. The molecule has 1 aromatic rings. The van der Waals surface area contributed by atoms with E-state index in [1.165, 1.54) is 6.20 Å². The molecule has 0 saturated carbocycles. The molecule has 0 aromatic carbocycles. The summed E-state index contributed by atoms with van der Waals surface area (Å²) in [6.45, 7) is 0.704. The summed E-state index contributed by atoms with van der Waals surface area (Å²) in [5.74, 6) is 0. The molecule has 1 heterocycles.